The Hall–Kier alpha value is -2.08. The van der Waals surface area contributed by atoms with Crippen LogP contribution in [0, 0.1) is 0 Å². The van der Waals surface area contributed by atoms with Gasteiger partial charge < -0.3 is 15.6 Å². The molecule has 0 atom stereocenters. The molecular weight excluding hydrogens is 312 g/mol. The molecule has 1 aromatic heterocycles. The average Bonchev–Trinajstić information content (AvgIpc) is 2.39. The molecule has 0 amide bonds. The zero-order valence-electron chi connectivity index (χ0n) is 9.84. The van der Waals surface area contributed by atoms with Gasteiger partial charge in [0, 0.05) is 10.7 Å². The first kappa shape index (κ1) is 13.4. The minimum atomic E-state index is -1.07. The van der Waals surface area contributed by atoms with E-state index in [4.69, 9.17) is 15.6 Å². The highest BCUT2D eigenvalue weighted by Gasteiger charge is 2.08. The molecule has 0 bridgehead atoms. The second kappa shape index (κ2) is 5.71. The Morgan fingerprint density at radius 1 is 1.37 bits per heavy atom. The van der Waals surface area contributed by atoms with Gasteiger partial charge >= 0.3 is 5.97 Å². The molecule has 2 rings (SSSR count). The zero-order chi connectivity index (χ0) is 13.8. The Balaban J connectivity index is 2.07. The Labute approximate surface area is 118 Å². The third-order valence-electron chi connectivity index (χ3n) is 2.41. The lowest BCUT2D eigenvalue weighted by molar-refractivity contribution is 0.0696. The van der Waals surface area contributed by atoms with Crippen LogP contribution in [0.2, 0.25) is 0 Å². The van der Waals surface area contributed by atoms with Crippen LogP contribution in [-0.2, 0) is 6.61 Å². The number of nitrogen functional groups attached to an aromatic ring is 1. The summed E-state index contributed by atoms with van der Waals surface area (Å²) >= 11 is 3.35. The van der Waals surface area contributed by atoms with Crippen LogP contribution in [-0.4, -0.2) is 16.1 Å². The van der Waals surface area contributed by atoms with E-state index in [1.807, 2.05) is 24.3 Å². The topological polar surface area (TPSA) is 85.4 Å². The van der Waals surface area contributed by atoms with Gasteiger partial charge in [0.15, 0.2) is 0 Å². The number of carboxylic acids is 1. The Morgan fingerprint density at radius 3 is 2.63 bits per heavy atom. The summed E-state index contributed by atoms with van der Waals surface area (Å²) in [5, 5.41) is 8.79. The number of aromatic carboxylic acids is 1. The second-order valence-corrected chi connectivity index (χ2v) is 4.75. The van der Waals surface area contributed by atoms with Crippen LogP contribution in [0.3, 0.4) is 0 Å². The Bertz CT molecular complexity index is 599. The predicted molar refractivity (Wildman–Crippen MR) is 74.1 cm³/mol. The maximum absolute atomic E-state index is 10.7. The molecule has 3 N–H and O–H groups in total. The van der Waals surface area contributed by atoms with Crippen molar-refractivity contribution in [2.45, 2.75) is 6.61 Å². The number of benzene rings is 1. The van der Waals surface area contributed by atoms with Crippen LogP contribution >= 0.6 is 15.9 Å². The molecule has 2 aromatic rings. The smallest absolute Gasteiger partial charge is 0.337 e. The molecule has 0 unspecified atom stereocenters. The fourth-order valence-corrected chi connectivity index (χ4v) is 1.70. The number of pyridine rings is 1. The molecule has 1 heterocycles. The quantitative estimate of drug-likeness (QED) is 0.903. The molecule has 0 spiro atoms. The fraction of sp³-hybridized carbons (Fsp3) is 0.0769. The number of nitrogens with zero attached hydrogens (tertiary/aromatic N) is 1. The summed E-state index contributed by atoms with van der Waals surface area (Å²) in [4.78, 5) is 14.6. The van der Waals surface area contributed by atoms with E-state index in [2.05, 4.69) is 20.9 Å². The molecule has 1 aromatic carbocycles. The number of carboxylic acid groups (broad SMARTS) is 1. The van der Waals surface area contributed by atoms with Crippen LogP contribution in [0.1, 0.15) is 15.9 Å². The van der Waals surface area contributed by atoms with Gasteiger partial charge in [-0.1, -0.05) is 28.1 Å². The van der Waals surface area contributed by atoms with Crippen molar-refractivity contribution >= 4 is 27.6 Å². The van der Waals surface area contributed by atoms with Gasteiger partial charge in [-0.15, -0.1) is 0 Å². The molecule has 19 heavy (non-hydrogen) atoms. The number of ether oxygens (including phenoxy) is 1. The van der Waals surface area contributed by atoms with Crippen molar-refractivity contribution in [1.82, 2.24) is 4.98 Å². The maximum Gasteiger partial charge on any atom is 0.337 e. The SMILES string of the molecule is Nc1cc(C(=O)O)cnc1OCc1ccc(Br)cc1. The highest BCUT2D eigenvalue weighted by atomic mass is 79.9. The van der Waals surface area contributed by atoms with Crippen molar-refractivity contribution in [2.24, 2.45) is 0 Å². The summed E-state index contributed by atoms with van der Waals surface area (Å²) in [6.45, 7) is 0.316. The van der Waals surface area contributed by atoms with Crippen LogP contribution in [0.15, 0.2) is 41.0 Å². The van der Waals surface area contributed by atoms with E-state index in [0.29, 0.717) is 6.61 Å². The lowest BCUT2D eigenvalue weighted by Crippen LogP contribution is -2.04. The van der Waals surface area contributed by atoms with Gasteiger partial charge in [-0.05, 0) is 23.8 Å². The fourth-order valence-electron chi connectivity index (χ4n) is 1.44. The van der Waals surface area contributed by atoms with Crippen molar-refractivity contribution in [3.05, 3.63) is 52.1 Å². The monoisotopic (exact) mass is 322 g/mol. The van der Waals surface area contributed by atoms with Crippen LogP contribution in [0.4, 0.5) is 5.69 Å². The van der Waals surface area contributed by atoms with Crippen molar-refractivity contribution < 1.29 is 14.6 Å². The number of hydrogen-bond donors (Lipinski definition) is 2. The lowest BCUT2D eigenvalue weighted by Gasteiger charge is -2.08. The average molecular weight is 323 g/mol. The normalized spacial score (nSPS) is 10.2. The van der Waals surface area contributed by atoms with E-state index in [1.54, 1.807) is 0 Å². The van der Waals surface area contributed by atoms with Crippen molar-refractivity contribution in [2.75, 3.05) is 5.73 Å². The minimum absolute atomic E-state index is 0.0356. The Kier molecular flexibility index (Phi) is 4.01. The molecule has 98 valence electrons. The van der Waals surface area contributed by atoms with Gasteiger partial charge in [0.1, 0.15) is 6.61 Å². The van der Waals surface area contributed by atoms with Crippen LogP contribution in [0.25, 0.3) is 0 Å². The molecule has 0 aliphatic rings. The van der Waals surface area contributed by atoms with E-state index in [0.717, 1.165) is 10.0 Å². The summed E-state index contributed by atoms with van der Waals surface area (Å²) in [5.41, 5.74) is 6.89. The third-order valence-corrected chi connectivity index (χ3v) is 2.94. The highest BCUT2D eigenvalue weighted by molar-refractivity contribution is 9.10. The van der Waals surface area contributed by atoms with Gasteiger partial charge in [-0.25, -0.2) is 9.78 Å². The van der Waals surface area contributed by atoms with E-state index >= 15 is 0 Å². The van der Waals surface area contributed by atoms with Crippen molar-refractivity contribution in [1.29, 1.82) is 0 Å². The van der Waals surface area contributed by atoms with Gasteiger partial charge in [-0.3, -0.25) is 0 Å². The van der Waals surface area contributed by atoms with Gasteiger partial charge in [0.2, 0.25) is 5.88 Å². The molecule has 0 radical (unpaired) electrons. The summed E-state index contributed by atoms with van der Waals surface area (Å²) in [7, 11) is 0. The number of carbonyl (C=O) groups is 1. The second-order valence-electron chi connectivity index (χ2n) is 3.84. The number of hydrogen-bond acceptors (Lipinski definition) is 4. The number of nitrogens with two attached hydrogens (primary N) is 1. The van der Waals surface area contributed by atoms with E-state index in [9.17, 15) is 4.79 Å². The molecule has 0 saturated heterocycles. The van der Waals surface area contributed by atoms with Crippen LogP contribution in [0.5, 0.6) is 5.88 Å². The molecule has 5 nitrogen and oxygen atoms in total. The molecule has 0 aliphatic carbocycles. The standard InChI is InChI=1S/C13H11BrN2O3/c14-10-3-1-8(2-4-10)7-19-12-11(15)5-9(6-16-12)13(17)18/h1-6H,7,15H2,(H,17,18). The van der Waals surface area contributed by atoms with E-state index < -0.39 is 5.97 Å². The third kappa shape index (κ3) is 3.45. The summed E-state index contributed by atoms with van der Waals surface area (Å²) in [6.07, 6.45) is 1.22. The summed E-state index contributed by atoms with van der Waals surface area (Å²) in [5.74, 6) is -0.841. The molecular formula is C13H11BrN2O3. The van der Waals surface area contributed by atoms with E-state index in [-0.39, 0.29) is 17.1 Å². The summed E-state index contributed by atoms with van der Waals surface area (Å²) in [6, 6.07) is 8.95. The molecule has 6 heteroatoms. The zero-order valence-corrected chi connectivity index (χ0v) is 11.4. The molecule has 0 saturated carbocycles. The van der Waals surface area contributed by atoms with E-state index in [1.165, 1.54) is 12.3 Å². The first-order chi connectivity index (χ1) is 9.06. The van der Waals surface area contributed by atoms with Crippen LogP contribution < -0.4 is 10.5 Å². The summed E-state index contributed by atoms with van der Waals surface area (Å²) < 4.78 is 6.44. The predicted octanol–water partition coefficient (Wildman–Crippen LogP) is 2.70. The number of anilines is 1. The van der Waals surface area contributed by atoms with Crippen molar-refractivity contribution in [3.8, 4) is 5.88 Å². The first-order valence-corrected chi connectivity index (χ1v) is 6.21. The first-order valence-electron chi connectivity index (χ1n) is 5.42. The largest absolute Gasteiger partial charge is 0.478 e. The highest BCUT2D eigenvalue weighted by Crippen LogP contribution is 2.20. The van der Waals surface area contributed by atoms with Gasteiger partial charge in [-0.2, -0.15) is 0 Å². The molecule has 0 aliphatic heterocycles. The van der Waals surface area contributed by atoms with Gasteiger partial charge in [0.05, 0.1) is 11.3 Å². The molecule has 0 fully saturated rings. The maximum atomic E-state index is 10.7. The minimum Gasteiger partial charge on any atom is -0.478 e. The number of aromatic nitrogens is 1. The van der Waals surface area contributed by atoms with Crippen molar-refractivity contribution in [3.63, 3.8) is 0 Å². The van der Waals surface area contributed by atoms with Gasteiger partial charge in [0.25, 0.3) is 0 Å². The number of rotatable bonds is 4. The lowest BCUT2D eigenvalue weighted by atomic mass is 10.2. The number of halogens is 1. The Morgan fingerprint density at radius 2 is 2.05 bits per heavy atom.